The van der Waals surface area contributed by atoms with Crippen LogP contribution in [-0.4, -0.2) is 39.2 Å². The van der Waals surface area contributed by atoms with Crippen molar-refractivity contribution >= 4 is 6.09 Å². The molecule has 1 unspecified atom stereocenters. The summed E-state index contributed by atoms with van der Waals surface area (Å²) < 4.78 is 27.1. The van der Waals surface area contributed by atoms with E-state index in [-0.39, 0.29) is 5.92 Å². The summed E-state index contributed by atoms with van der Waals surface area (Å²) in [5.74, 6) is -0.519. The molecule has 5 nitrogen and oxygen atoms in total. The van der Waals surface area contributed by atoms with Gasteiger partial charge in [-0.3, -0.25) is 0 Å². The Balaban J connectivity index is 1.80. The molecule has 29 heavy (non-hydrogen) atoms. The standard InChI is InChI=1S/C22H23F2N3O2/c1-3-14(13-27(4-2)22(28)29)21-25-12-20(26-21)16-7-5-15(6-8-16)18-10-9-17(23)11-19(18)24/h5-12,14H,3-4,13H2,1-2H3,(H,25,26)(H,28,29). The Hall–Kier alpha value is -3.22. The summed E-state index contributed by atoms with van der Waals surface area (Å²) in [5.41, 5.74) is 2.55. The third-order valence-corrected chi connectivity index (χ3v) is 4.99. The Labute approximate surface area is 168 Å². The van der Waals surface area contributed by atoms with Crippen molar-refractivity contribution in [1.82, 2.24) is 14.9 Å². The number of rotatable bonds is 7. The molecule has 152 valence electrons. The number of carbonyl (C=O) groups is 1. The van der Waals surface area contributed by atoms with E-state index in [4.69, 9.17) is 0 Å². The van der Waals surface area contributed by atoms with Crippen molar-refractivity contribution in [2.24, 2.45) is 0 Å². The molecule has 7 heteroatoms. The minimum absolute atomic E-state index is 0.0348. The Bertz CT molecular complexity index is 986. The highest BCUT2D eigenvalue weighted by atomic mass is 19.1. The Morgan fingerprint density at radius 2 is 1.83 bits per heavy atom. The second-order valence-corrected chi connectivity index (χ2v) is 6.80. The molecule has 1 atom stereocenters. The second kappa shape index (κ2) is 8.86. The Morgan fingerprint density at radius 3 is 2.41 bits per heavy atom. The quantitative estimate of drug-likeness (QED) is 0.550. The van der Waals surface area contributed by atoms with E-state index in [1.165, 1.54) is 17.0 Å². The van der Waals surface area contributed by atoms with Gasteiger partial charge >= 0.3 is 6.09 Å². The highest BCUT2D eigenvalue weighted by Crippen LogP contribution is 2.27. The van der Waals surface area contributed by atoms with E-state index in [1.54, 1.807) is 25.3 Å². The van der Waals surface area contributed by atoms with Crippen LogP contribution in [0.4, 0.5) is 13.6 Å². The van der Waals surface area contributed by atoms with E-state index in [2.05, 4.69) is 9.97 Å². The van der Waals surface area contributed by atoms with Crippen LogP contribution in [0.15, 0.2) is 48.7 Å². The number of halogens is 2. The van der Waals surface area contributed by atoms with Gasteiger partial charge in [-0.1, -0.05) is 31.2 Å². The number of nitrogens with one attached hydrogen (secondary N) is 1. The molecule has 0 aliphatic carbocycles. The van der Waals surface area contributed by atoms with Crippen LogP contribution in [0.2, 0.25) is 0 Å². The van der Waals surface area contributed by atoms with Crippen LogP contribution in [0.3, 0.4) is 0 Å². The van der Waals surface area contributed by atoms with Gasteiger partial charge < -0.3 is 15.0 Å². The number of hydrogen-bond donors (Lipinski definition) is 2. The first-order valence-corrected chi connectivity index (χ1v) is 9.52. The average Bonchev–Trinajstić information content (AvgIpc) is 3.19. The van der Waals surface area contributed by atoms with Crippen LogP contribution in [0.5, 0.6) is 0 Å². The smallest absolute Gasteiger partial charge is 0.407 e. The third kappa shape index (κ3) is 4.62. The maximum Gasteiger partial charge on any atom is 0.407 e. The van der Waals surface area contributed by atoms with Crippen LogP contribution < -0.4 is 0 Å². The fraction of sp³-hybridized carbons (Fsp3) is 0.273. The molecule has 1 heterocycles. The number of hydrogen-bond acceptors (Lipinski definition) is 2. The van der Waals surface area contributed by atoms with Crippen molar-refractivity contribution < 1.29 is 18.7 Å². The summed E-state index contributed by atoms with van der Waals surface area (Å²) in [5, 5.41) is 9.25. The summed E-state index contributed by atoms with van der Waals surface area (Å²) in [7, 11) is 0. The van der Waals surface area contributed by atoms with Gasteiger partial charge in [-0.15, -0.1) is 0 Å². The van der Waals surface area contributed by atoms with Gasteiger partial charge in [-0.05, 0) is 31.0 Å². The Kier molecular flexibility index (Phi) is 6.26. The van der Waals surface area contributed by atoms with Crippen molar-refractivity contribution in [2.45, 2.75) is 26.2 Å². The van der Waals surface area contributed by atoms with Gasteiger partial charge in [0.1, 0.15) is 17.5 Å². The van der Waals surface area contributed by atoms with Gasteiger partial charge in [0.2, 0.25) is 0 Å². The first kappa shape index (κ1) is 20.5. The fourth-order valence-electron chi connectivity index (χ4n) is 3.26. The van der Waals surface area contributed by atoms with Crippen LogP contribution >= 0.6 is 0 Å². The summed E-state index contributed by atoms with van der Waals surface area (Å²) in [6.07, 6.45) is 1.59. The predicted octanol–water partition coefficient (Wildman–Crippen LogP) is 5.52. The SMILES string of the molecule is CCC(CN(CC)C(=O)O)c1nc(-c2ccc(-c3ccc(F)cc3F)cc2)c[nH]1. The molecular weight excluding hydrogens is 376 g/mol. The van der Waals surface area contributed by atoms with Crippen LogP contribution in [0, 0.1) is 11.6 Å². The number of H-pyrrole nitrogens is 1. The molecule has 0 spiro atoms. The highest BCUT2D eigenvalue weighted by Gasteiger charge is 2.20. The molecule has 1 aromatic heterocycles. The van der Waals surface area contributed by atoms with Crippen LogP contribution in [-0.2, 0) is 0 Å². The van der Waals surface area contributed by atoms with Gasteiger partial charge in [-0.2, -0.15) is 0 Å². The number of benzene rings is 2. The van der Waals surface area contributed by atoms with E-state index in [9.17, 15) is 18.7 Å². The monoisotopic (exact) mass is 399 g/mol. The number of nitrogens with zero attached hydrogens (tertiary/aromatic N) is 2. The van der Waals surface area contributed by atoms with Gasteiger partial charge in [0.15, 0.2) is 0 Å². The third-order valence-electron chi connectivity index (χ3n) is 4.99. The normalized spacial score (nSPS) is 12.0. The zero-order chi connectivity index (χ0) is 21.0. The van der Waals surface area contributed by atoms with Crippen LogP contribution in [0.25, 0.3) is 22.4 Å². The molecule has 0 aliphatic rings. The van der Waals surface area contributed by atoms with Gasteiger partial charge in [0.25, 0.3) is 0 Å². The number of amides is 1. The van der Waals surface area contributed by atoms with E-state index >= 15 is 0 Å². The Morgan fingerprint density at radius 1 is 1.14 bits per heavy atom. The summed E-state index contributed by atoms with van der Waals surface area (Å²) in [6, 6.07) is 10.7. The molecule has 0 fully saturated rings. The summed E-state index contributed by atoms with van der Waals surface area (Å²) in [6.45, 7) is 4.59. The molecule has 0 saturated heterocycles. The fourth-order valence-corrected chi connectivity index (χ4v) is 3.26. The zero-order valence-corrected chi connectivity index (χ0v) is 16.3. The molecule has 0 radical (unpaired) electrons. The molecule has 0 aliphatic heterocycles. The topological polar surface area (TPSA) is 69.2 Å². The average molecular weight is 399 g/mol. The maximum absolute atomic E-state index is 14.0. The lowest BCUT2D eigenvalue weighted by atomic mass is 10.0. The minimum atomic E-state index is -0.943. The van der Waals surface area contributed by atoms with Crippen LogP contribution in [0.1, 0.15) is 32.0 Å². The van der Waals surface area contributed by atoms with Gasteiger partial charge in [0, 0.05) is 42.4 Å². The maximum atomic E-state index is 14.0. The molecule has 0 bridgehead atoms. The van der Waals surface area contributed by atoms with Crippen molar-refractivity contribution in [1.29, 1.82) is 0 Å². The van der Waals surface area contributed by atoms with E-state index < -0.39 is 17.7 Å². The first-order valence-electron chi connectivity index (χ1n) is 9.52. The van der Waals surface area contributed by atoms with E-state index in [0.29, 0.717) is 24.2 Å². The number of aromatic nitrogens is 2. The highest BCUT2D eigenvalue weighted by molar-refractivity contribution is 5.69. The second-order valence-electron chi connectivity index (χ2n) is 6.80. The van der Waals surface area contributed by atoms with Gasteiger partial charge in [-0.25, -0.2) is 18.6 Å². The molecule has 1 amide bonds. The lowest BCUT2D eigenvalue weighted by Gasteiger charge is -2.22. The predicted molar refractivity (Wildman–Crippen MR) is 108 cm³/mol. The number of imidazole rings is 1. The van der Waals surface area contributed by atoms with Crippen molar-refractivity contribution in [2.75, 3.05) is 13.1 Å². The van der Waals surface area contributed by atoms with Gasteiger partial charge in [0.05, 0.1) is 5.69 Å². The molecule has 3 rings (SSSR count). The van der Waals surface area contributed by atoms with E-state index in [1.807, 2.05) is 19.1 Å². The molecule has 2 N–H and O–H groups in total. The number of carboxylic acid groups (broad SMARTS) is 1. The van der Waals surface area contributed by atoms with E-state index in [0.717, 1.165) is 29.6 Å². The largest absolute Gasteiger partial charge is 0.465 e. The van der Waals surface area contributed by atoms with Crippen molar-refractivity contribution in [3.63, 3.8) is 0 Å². The molecule has 2 aromatic carbocycles. The number of likely N-dealkylation sites (N-methyl/N-ethyl adjacent to an activating group) is 1. The van der Waals surface area contributed by atoms with Crippen molar-refractivity contribution in [3.05, 3.63) is 66.1 Å². The first-order chi connectivity index (χ1) is 13.9. The summed E-state index contributed by atoms with van der Waals surface area (Å²) >= 11 is 0. The van der Waals surface area contributed by atoms with Crippen molar-refractivity contribution in [3.8, 4) is 22.4 Å². The zero-order valence-electron chi connectivity index (χ0n) is 16.3. The molecular formula is C22H23F2N3O2. The minimum Gasteiger partial charge on any atom is -0.465 e. The molecule has 0 saturated carbocycles. The lowest BCUT2D eigenvalue weighted by molar-refractivity contribution is 0.144. The number of aromatic amines is 1. The lowest BCUT2D eigenvalue weighted by Crippen LogP contribution is -2.33. The summed E-state index contributed by atoms with van der Waals surface area (Å²) in [4.78, 5) is 20.4. The molecule has 3 aromatic rings.